The zero-order chi connectivity index (χ0) is 19.3. The lowest BCUT2D eigenvalue weighted by atomic mass is 9.89. The fraction of sp³-hybridized carbons (Fsp3) is 0.174. The van der Waals surface area contributed by atoms with Crippen LogP contribution in [0, 0.1) is 10.1 Å². The van der Waals surface area contributed by atoms with Gasteiger partial charge in [-0.05, 0) is 53.6 Å². The Morgan fingerprint density at radius 3 is 2.57 bits per heavy atom. The molecule has 0 N–H and O–H groups in total. The Bertz CT molecular complexity index is 1230. The summed E-state index contributed by atoms with van der Waals surface area (Å²) >= 11 is 0. The van der Waals surface area contributed by atoms with E-state index in [0.717, 1.165) is 36.3 Å². The molecule has 0 amide bonds. The van der Waals surface area contributed by atoms with Crippen LogP contribution in [0.2, 0.25) is 0 Å². The molecule has 0 saturated heterocycles. The van der Waals surface area contributed by atoms with Crippen LogP contribution in [0.3, 0.4) is 0 Å². The molecule has 3 aromatic carbocycles. The molecule has 4 aromatic rings. The smallest absolute Gasteiger partial charge is 0.269 e. The number of pyridine rings is 1. The summed E-state index contributed by atoms with van der Waals surface area (Å²) < 4.78 is 0. The van der Waals surface area contributed by atoms with Gasteiger partial charge in [-0.2, -0.15) is 0 Å². The molecule has 28 heavy (non-hydrogen) atoms. The number of rotatable bonds is 2. The Balaban J connectivity index is 1.81. The van der Waals surface area contributed by atoms with E-state index in [0.29, 0.717) is 0 Å². The van der Waals surface area contributed by atoms with Crippen LogP contribution in [0.4, 0.5) is 5.69 Å². The number of nitro benzene ring substituents is 1. The Labute approximate surface area is 162 Å². The van der Waals surface area contributed by atoms with Gasteiger partial charge in [0.05, 0.1) is 16.1 Å². The Kier molecular flexibility index (Phi) is 3.84. The molecule has 0 bridgehead atoms. The van der Waals surface area contributed by atoms with E-state index in [1.165, 1.54) is 27.3 Å². The summed E-state index contributed by atoms with van der Waals surface area (Å²) in [5.74, 6) is 0. The molecule has 0 unspecified atom stereocenters. The molecule has 0 aliphatic carbocycles. The second-order valence-corrected chi connectivity index (χ2v) is 7.39. The van der Waals surface area contributed by atoms with Crippen molar-refractivity contribution in [3.8, 4) is 11.3 Å². The lowest BCUT2D eigenvalue weighted by Crippen LogP contribution is -2.27. The molecule has 0 radical (unpaired) electrons. The second-order valence-electron chi connectivity index (χ2n) is 7.39. The maximum Gasteiger partial charge on any atom is 0.269 e. The van der Waals surface area contributed by atoms with Crippen LogP contribution in [0.5, 0.6) is 0 Å². The van der Waals surface area contributed by atoms with Crippen LogP contribution < -0.4 is 0 Å². The van der Waals surface area contributed by atoms with Crippen molar-refractivity contribution >= 4 is 27.4 Å². The predicted octanol–water partition coefficient (Wildman–Crippen LogP) is 4.95. The zero-order valence-electron chi connectivity index (χ0n) is 15.6. The average molecular weight is 369 g/mol. The first-order chi connectivity index (χ1) is 13.6. The molecule has 0 spiro atoms. The fourth-order valence-electron chi connectivity index (χ4n) is 4.23. The molecule has 5 heteroatoms. The maximum atomic E-state index is 11.0. The standard InChI is InChI=1S/C23H19N3O2/c1-25-13-12-19-20(14-25)23(16-6-9-17(10-7-16)26(27)28)24-21-11-8-15-4-2-3-5-18(15)22(19)21/h2-11H,12-14H2,1H3. The topological polar surface area (TPSA) is 59.3 Å². The first kappa shape index (κ1) is 16.8. The van der Waals surface area contributed by atoms with Gasteiger partial charge in [0, 0.05) is 36.2 Å². The van der Waals surface area contributed by atoms with Gasteiger partial charge in [-0.3, -0.25) is 10.1 Å². The lowest BCUT2D eigenvalue weighted by molar-refractivity contribution is -0.384. The third-order valence-electron chi connectivity index (χ3n) is 5.61. The predicted molar refractivity (Wildman–Crippen MR) is 111 cm³/mol. The highest BCUT2D eigenvalue weighted by molar-refractivity contribution is 6.09. The van der Waals surface area contributed by atoms with Crippen molar-refractivity contribution in [3.63, 3.8) is 0 Å². The van der Waals surface area contributed by atoms with Crippen LogP contribution in [-0.2, 0) is 13.0 Å². The van der Waals surface area contributed by atoms with Gasteiger partial charge in [0.25, 0.3) is 5.69 Å². The van der Waals surface area contributed by atoms with E-state index in [1.807, 2.05) is 12.1 Å². The highest BCUT2D eigenvalue weighted by atomic mass is 16.6. The van der Waals surface area contributed by atoms with Crippen molar-refractivity contribution < 1.29 is 4.92 Å². The molecule has 0 fully saturated rings. The van der Waals surface area contributed by atoms with Gasteiger partial charge >= 0.3 is 0 Å². The number of hydrogen-bond donors (Lipinski definition) is 0. The summed E-state index contributed by atoms with van der Waals surface area (Å²) in [6.45, 7) is 1.84. The summed E-state index contributed by atoms with van der Waals surface area (Å²) in [5, 5.41) is 14.7. The second kappa shape index (κ2) is 6.39. The fourth-order valence-corrected chi connectivity index (χ4v) is 4.23. The van der Waals surface area contributed by atoms with Crippen LogP contribution in [0.15, 0.2) is 60.7 Å². The van der Waals surface area contributed by atoms with Gasteiger partial charge in [0.1, 0.15) is 0 Å². The molecular weight excluding hydrogens is 350 g/mol. The monoisotopic (exact) mass is 369 g/mol. The molecule has 0 saturated carbocycles. The summed E-state index contributed by atoms with van der Waals surface area (Å²) in [7, 11) is 2.12. The molecule has 5 rings (SSSR count). The summed E-state index contributed by atoms with van der Waals surface area (Å²) in [4.78, 5) is 18.0. The van der Waals surface area contributed by atoms with Crippen molar-refractivity contribution in [2.75, 3.05) is 13.6 Å². The van der Waals surface area contributed by atoms with E-state index in [4.69, 9.17) is 4.98 Å². The van der Waals surface area contributed by atoms with E-state index in [9.17, 15) is 10.1 Å². The first-order valence-electron chi connectivity index (χ1n) is 9.38. The summed E-state index contributed by atoms with van der Waals surface area (Å²) in [5.41, 5.74) is 5.52. The highest BCUT2D eigenvalue weighted by Gasteiger charge is 2.23. The average Bonchev–Trinajstić information content (AvgIpc) is 2.72. The van der Waals surface area contributed by atoms with Crippen molar-refractivity contribution in [1.29, 1.82) is 0 Å². The van der Waals surface area contributed by atoms with E-state index in [1.54, 1.807) is 12.1 Å². The molecule has 2 heterocycles. The number of likely N-dealkylation sites (N-methyl/N-ethyl adjacent to an activating group) is 1. The minimum absolute atomic E-state index is 0.0986. The summed E-state index contributed by atoms with van der Waals surface area (Å²) in [6.07, 6.45) is 0.971. The van der Waals surface area contributed by atoms with E-state index < -0.39 is 0 Å². The van der Waals surface area contributed by atoms with Crippen molar-refractivity contribution in [3.05, 3.63) is 81.9 Å². The van der Waals surface area contributed by atoms with Crippen LogP contribution >= 0.6 is 0 Å². The molecule has 1 aliphatic rings. The van der Waals surface area contributed by atoms with Gasteiger partial charge in [-0.25, -0.2) is 4.98 Å². The van der Waals surface area contributed by atoms with Crippen LogP contribution in [0.25, 0.3) is 32.9 Å². The van der Waals surface area contributed by atoms with Crippen LogP contribution in [0.1, 0.15) is 11.1 Å². The van der Waals surface area contributed by atoms with Crippen molar-refractivity contribution in [1.82, 2.24) is 9.88 Å². The normalized spacial score (nSPS) is 14.3. The largest absolute Gasteiger partial charge is 0.302 e. The minimum Gasteiger partial charge on any atom is -0.302 e. The molecular formula is C23H19N3O2. The number of nitrogens with zero attached hydrogens (tertiary/aromatic N) is 3. The van der Waals surface area contributed by atoms with Crippen LogP contribution in [-0.4, -0.2) is 28.4 Å². The Morgan fingerprint density at radius 1 is 1.00 bits per heavy atom. The van der Waals surface area contributed by atoms with E-state index in [2.05, 4.69) is 48.3 Å². The number of hydrogen-bond acceptors (Lipinski definition) is 4. The SMILES string of the molecule is CN1CCc2c(c(-c3ccc([N+](=O)[O-])cc3)nc3ccc4ccccc4c23)C1. The van der Waals surface area contributed by atoms with Crippen molar-refractivity contribution in [2.24, 2.45) is 0 Å². The van der Waals surface area contributed by atoms with E-state index >= 15 is 0 Å². The quantitative estimate of drug-likeness (QED) is 0.285. The van der Waals surface area contributed by atoms with Gasteiger partial charge in [0.2, 0.25) is 0 Å². The summed E-state index contributed by atoms with van der Waals surface area (Å²) in [6, 6.07) is 19.4. The lowest BCUT2D eigenvalue weighted by Gasteiger charge is -2.28. The van der Waals surface area contributed by atoms with Gasteiger partial charge < -0.3 is 4.90 Å². The maximum absolute atomic E-state index is 11.0. The number of fused-ring (bicyclic) bond motifs is 5. The zero-order valence-corrected chi connectivity index (χ0v) is 15.6. The third kappa shape index (κ3) is 2.63. The minimum atomic E-state index is -0.368. The molecule has 1 aromatic heterocycles. The Morgan fingerprint density at radius 2 is 1.79 bits per heavy atom. The van der Waals surface area contributed by atoms with Crippen molar-refractivity contribution in [2.45, 2.75) is 13.0 Å². The number of nitro groups is 1. The Hall–Kier alpha value is -3.31. The van der Waals surface area contributed by atoms with Gasteiger partial charge in [-0.15, -0.1) is 0 Å². The number of aromatic nitrogens is 1. The molecule has 0 atom stereocenters. The molecule has 5 nitrogen and oxygen atoms in total. The molecule has 1 aliphatic heterocycles. The first-order valence-corrected chi connectivity index (χ1v) is 9.38. The van der Waals surface area contributed by atoms with Gasteiger partial charge in [-0.1, -0.05) is 30.3 Å². The van der Waals surface area contributed by atoms with Gasteiger partial charge in [0.15, 0.2) is 0 Å². The number of benzene rings is 3. The number of non-ortho nitro benzene ring substituents is 1. The van der Waals surface area contributed by atoms with E-state index in [-0.39, 0.29) is 10.6 Å². The molecule has 138 valence electrons. The highest BCUT2D eigenvalue weighted by Crippen LogP contribution is 2.37. The third-order valence-corrected chi connectivity index (χ3v) is 5.61.